The Bertz CT molecular complexity index is 900. The molecule has 0 aliphatic carbocycles. The molecule has 1 unspecified atom stereocenters. The first-order valence-electron chi connectivity index (χ1n) is 6.94. The van der Waals surface area contributed by atoms with E-state index in [0.717, 1.165) is 15.7 Å². The van der Waals surface area contributed by atoms with Gasteiger partial charge in [-0.3, -0.25) is 9.59 Å². The summed E-state index contributed by atoms with van der Waals surface area (Å²) in [4.78, 5) is 28.1. The van der Waals surface area contributed by atoms with E-state index in [9.17, 15) is 22.8 Å². The number of hydrogen-bond donors (Lipinski definition) is 2. The molecule has 0 bridgehead atoms. The molecule has 24 heavy (non-hydrogen) atoms. The normalized spacial score (nSPS) is 20.0. The molecule has 0 radical (unpaired) electrons. The maximum Gasteiger partial charge on any atom is 0.440 e. The minimum absolute atomic E-state index is 0.240. The van der Waals surface area contributed by atoms with Gasteiger partial charge in [-0.15, -0.1) is 0 Å². The van der Waals surface area contributed by atoms with Crippen LogP contribution in [0.2, 0.25) is 0 Å². The van der Waals surface area contributed by atoms with Crippen molar-refractivity contribution < 1.29 is 22.8 Å². The smallest absolute Gasteiger partial charge is 0.317 e. The second kappa shape index (κ2) is 4.83. The third-order valence-electron chi connectivity index (χ3n) is 4.01. The maximum atomic E-state index is 13.6. The van der Waals surface area contributed by atoms with E-state index in [2.05, 4.69) is 11.6 Å². The molecule has 1 aromatic heterocycles. The number of carbonyl (C=O) groups excluding carboxylic acids is 2. The average Bonchev–Trinajstić information content (AvgIpc) is 2.94. The summed E-state index contributed by atoms with van der Waals surface area (Å²) < 4.78 is 41.6. The molecule has 126 valence electrons. The van der Waals surface area contributed by atoms with E-state index < -0.39 is 23.7 Å². The first kappa shape index (κ1) is 16.0. The van der Waals surface area contributed by atoms with Crippen LogP contribution in [0.15, 0.2) is 24.8 Å². The number of nitrogens with zero attached hydrogens (tertiary/aromatic N) is 2. The molecular weight excluding hydrogens is 325 g/mol. The zero-order valence-electron chi connectivity index (χ0n) is 12.8. The van der Waals surface area contributed by atoms with E-state index >= 15 is 0 Å². The Morgan fingerprint density at radius 1 is 1.38 bits per heavy atom. The van der Waals surface area contributed by atoms with E-state index in [-0.39, 0.29) is 11.5 Å². The lowest BCUT2D eigenvalue weighted by Crippen LogP contribution is -2.66. The Morgan fingerprint density at radius 3 is 2.58 bits per heavy atom. The molecule has 1 atom stereocenters. The Labute approximate surface area is 134 Å². The van der Waals surface area contributed by atoms with Crippen molar-refractivity contribution in [3.63, 3.8) is 0 Å². The van der Waals surface area contributed by atoms with Gasteiger partial charge in [0, 0.05) is 0 Å². The van der Waals surface area contributed by atoms with Gasteiger partial charge in [-0.2, -0.15) is 13.2 Å². The molecule has 0 spiro atoms. The highest BCUT2D eigenvalue weighted by molar-refractivity contribution is 6.07. The zero-order chi connectivity index (χ0) is 17.9. The van der Waals surface area contributed by atoms with Crippen LogP contribution >= 0.6 is 0 Å². The standard InChI is InChI=1S/C15H13F3N4O2/c1-4-11(23)20-14(15(16,17)18)12(24)22-10-6-8(3)7(2)5-9(10)19-13(22)21-14/h4-6H,1H2,2-3H3,(H,19,21)(H,20,23). The molecule has 1 aliphatic rings. The molecule has 2 heterocycles. The molecule has 6 nitrogen and oxygen atoms in total. The number of hydrogen-bond acceptors (Lipinski definition) is 4. The first-order valence-corrected chi connectivity index (χ1v) is 6.94. The van der Waals surface area contributed by atoms with Crippen LogP contribution in [0.3, 0.4) is 0 Å². The highest BCUT2D eigenvalue weighted by Gasteiger charge is 2.66. The van der Waals surface area contributed by atoms with Gasteiger partial charge in [0.15, 0.2) is 0 Å². The summed E-state index contributed by atoms with van der Waals surface area (Å²) in [6, 6.07) is 3.27. The lowest BCUT2D eigenvalue weighted by molar-refractivity contribution is -0.175. The molecule has 1 aromatic carbocycles. The molecule has 3 rings (SSSR count). The van der Waals surface area contributed by atoms with Gasteiger partial charge < -0.3 is 10.6 Å². The number of alkyl halides is 3. The van der Waals surface area contributed by atoms with Gasteiger partial charge >= 0.3 is 6.18 Å². The van der Waals surface area contributed by atoms with Gasteiger partial charge in [-0.25, -0.2) is 9.55 Å². The summed E-state index contributed by atoms with van der Waals surface area (Å²) in [5.41, 5.74) is -0.941. The lowest BCUT2D eigenvalue weighted by atomic mass is 10.1. The molecule has 1 amide bonds. The van der Waals surface area contributed by atoms with E-state index in [1.165, 1.54) is 0 Å². The van der Waals surface area contributed by atoms with Gasteiger partial charge in [-0.1, -0.05) is 6.58 Å². The van der Waals surface area contributed by atoms with Gasteiger partial charge in [0.25, 0.3) is 11.6 Å². The summed E-state index contributed by atoms with van der Waals surface area (Å²) in [7, 11) is 0. The number of halogens is 3. The molecule has 2 N–H and O–H groups in total. The quantitative estimate of drug-likeness (QED) is 0.824. The predicted molar refractivity (Wildman–Crippen MR) is 80.6 cm³/mol. The molecule has 0 saturated carbocycles. The monoisotopic (exact) mass is 338 g/mol. The topological polar surface area (TPSA) is 76.0 Å². The molecular formula is C15H13F3N4O2. The lowest BCUT2D eigenvalue weighted by Gasteiger charge is -2.30. The third-order valence-corrected chi connectivity index (χ3v) is 4.01. The Kier molecular flexibility index (Phi) is 3.22. The molecule has 9 heteroatoms. The summed E-state index contributed by atoms with van der Waals surface area (Å²) in [6.45, 7) is 6.72. The third kappa shape index (κ3) is 2.00. The van der Waals surface area contributed by atoms with Crippen molar-refractivity contribution in [1.82, 2.24) is 14.9 Å². The number of carbonyl (C=O) groups is 2. The van der Waals surface area contributed by atoms with Crippen LogP contribution < -0.4 is 10.6 Å². The molecule has 0 fully saturated rings. The fraction of sp³-hybridized carbons (Fsp3) is 0.267. The maximum absolute atomic E-state index is 13.6. The van der Waals surface area contributed by atoms with E-state index in [1.807, 2.05) is 12.2 Å². The summed E-state index contributed by atoms with van der Waals surface area (Å²) in [6.07, 6.45) is -4.41. The number of fused-ring (bicyclic) bond motifs is 3. The number of amides is 1. The van der Waals surface area contributed by atoms with Crippen LogP contribution in [0.1, 0.15) is 15.9 Å². The Hall–Kier alpha value is -2.84. The number of anilines is 1. The second-order valence-electron chi connectivity index (χ2n) is 5.57. The Morgan fingerprint density at radius 2 is 2.00 bits per heavy atom. The van der Waals surface area contributed by atoms with Crippen molar-refractivity contribution in [2.24, 2.45) is 0 Å². The number of aromatic nitrogens is 2. The van der Waals surface area contributed by atoms with Gasteiger partial charge in [-0.05, 0) is 43.2 Å². The van der Waals surface area contributed by atoms with Crippen LogP contribution in [0.25, 0.3) is 11.0 Å². The highest BCUT2D eigenvalue weighted by atomic mass is 19.4. The van der Waals surface area contributed by atoms with Gasteiger partial charge in [0.2, 0.25) is 11.9 Å². The van der Waals surface area contributed by atoms with Crippen molar-refractivity contribution in [1.29, 1.82) is 0 Å². The number of imidazole rings is 1. The largest absolute Gasteiger partial charge is 0.440 e. The van der Waals surface area contributed by atoms with E-state index in [4.69, 9.17) is 0 Å². The summed E-state index contributed by atoms with van der Waals surface area (Å²) in [5.74, 6) is -2.78. The zero-order valence-corrected chi connectivity index (χ0v) is 12.8. The molecule has 2 aromatic rings. The number of aryl methyl sites for hydroxylation is 2. The van der Waals surface area contributed by atoms with Crippen LogP contribution in [0.4, 0.5) is 19.1 Å². The van der Waals surface area contributed by atoms with Crippen molar-refractivity contribution in [2.45, 2.75) is 25.7 Å². The second-order valence-corrected chi connectivity index (χ2v) is 5.57. The first-order chi connectivity index (χ1) is 11.1. The average molecular weight is 338 g/mol. The van der Waals surface area contributed by atoms with Crippen molar-refractivity contribution >= 4 is 28.8 Å². The van der Waals surface area contributed by atoms with E-state index in [1.54, 1.807) is 24.4 Å². The summed E-state index contributed by atoms with van der Waals surface area (Å²) >= 11 is 0. The van der Waals surface area contributed by atoms with Crippen LogP contribution in [0, 0.1) is 13.8 Å². The number of benzene rings is 1. The van der Waals surface area contributed by atoms with Gasteiger partial charge in [0.1, 0.15) is 0 Å². The van der Waals surface area contributed by atoms with Crippen LogP contribution in [-0.2, 0) is 4.79 Å². The Balaban J connectivity index is 2.20. The highest BCUT2D eigenvalue weighted by Crippen LogP contribution is 2.39. The van der Waals surface area contributed by atoms with E-state index in [0.29, 0.717) is 11.6 Å². The van der Waals surface area contributed by atoms with Gasteiger partial charge in [0.05, 0.1) is 11.0 Å². The SMILES string of the molecule is C=CC(=O)NC1(C(F)(F)F)Nc2nc3cc(C)c(C)cc3n2C1=O. The number of rotatable bonds is 2. The van der Waals surface area contributed by atoms with Crippen LogP contribution in [0.5, 0.6) is 0 Å². The molecule has 1 aliphatic heterocycles. The van der Waals surface area contributed by atoms with Crippen molar-refractivity contribution in [3.05, 3.63) is 35.9 Å². The number of nitrogens with one attached hydrogen (secondary N) is 2. The minimum Gasteiger partial charge on any atom is -0.317 e. The van der Waals surface area contributed by atoms with Crippen molar-refractivity contribution in [2.75, 3.05) is 5.32 Å². The fourth-order valence-corrected chi connectivity index (χ4v) is 2.59. The fourth-order valence-electron chi connectivity index (χ4n) is 2.59. The molecule has 0 saturated heterocycles. The summed E-state index contributed by atoms with van der Waals surface area (Å²) in [5, 5.41) is 3.68. The van der Waals surface area contributed by atoms with Crippen LogP contribution in [-0.4, -0.2) is 33.2 Å². The predicted octanol–water partition coefficient (Wildman–Crippen LogP) is 2.28. The minimum atomic E-state index is -5.07. The van der Waals surface area contributed by atoms with Crippen molar-refractivity contribution in [3.8, 4) is 0 Å².